The van der Waals surface area contributed by atoms with Crippen LogP contribution in [-0.2, 0) is 32.1 Å². The number of aromatic amines is 1. The molecule has 0 saturated carbocycles. The van der Waals surface area contributed by atoms with Gasteiger partial charge >= 0.3 is 12.1 Å². The van der Waals surface area contributed by atoms with Crippen LogP contribution in [0.15, 0.2) is 60.8 Å². The van der Waals surface area contributed by atoms with Crippen molar-refractivity contribution in [2.24, 2.45) is 0 Å². The summed E-state index contributed by atoms with van der Waals surface area (Å²) in [6, 6.07) is 14.4. The number of carbonyl (C=O) groups excluding carboxylic acids is 3. The standard InChI is InChI=1S/C26H31N3O6/c1-26(2,3)35-25(33)29-22(15-30)23(31)28-21(24(32)34-16-17-9-5-4-6-10-17)13-18-14-27-20-12-8-7-11-19(18)20/h4-12,14,21-22,27,30H,13,15-16H2,1-3H3,(H,28,31)(H,29,33)/t21-,22-/m0/s1. The third-order valence-corrected chi connectivity index (χ3v) is 5.11. The van der Waals surface area contributed by atoms with Crippen LogP contribution in [-0.4, -0.2) is 52.4 Å². The number of hydrogen-bond donors (Lipinski definition) is 4. The predicted octanol–water partition coefficient (Wildman–Crippen LogP) is 2.82. The largest absolute Gasteiger partial charge is 0.459 e. The maximum atomic E-state index is 13.0. The van der Waals surface area contributed by atoms with Crippen molar-refractivity contribution >= 4 is 28.9 Å². The van der Waals surface area contributed by atoms with Crippen LogP contribution >= 0.6 is 0 Å². The van der Waals surface area contributed by atoms with E-state index in [1.807, 2.05) is 54.6 Å². The maximum Gasteiger partial charge on any atom is 0.408 e. The molecule has 0 radical (unpaired) electrons. The van der Waals surface area contributed by atoms with E-state index in [2.05, 4.69) is 15.6 Å². The molecule has 2 aromatic carbocycles. The number of fused-ring (bicyclic) bond motifs is 1. The quantitative estimate of drug-likeness (QED) is 0.348. The summed E-state index contributed by atoms with van der Waals surface area (Å²) < 4.78 is 10.6. The minimum absolute atomic E-state index is 0.0412. The van der Waals surface area contributed by atoms with Crippen LogP contribution in [0.4, 0.5) is 4.79 Å². The Labute approximate surface area is 203 Å². The molecule has 0 bridgehead atoms. The zero-order valence-corrected chi connectivity index (χ0v) is 20.0. The second-order valence-corrected chi connectivity index (χ2v) is 9.10. The topological polar surface area (TPSA) is 130 Å². The summed E-state index contributed by atoms with van der Waals surface area (Å²) in [4.78, 5) is 41.2. The van der Waals surface area contributed by atoms with Crippen molar-refractivity contribution in [2.75, 3.05) is 6.61 Å². The average molecular weight is 482 g/mol. The Bertz CT molecular complexity index is 1150. The van der Waals surface area contributed by atoms with E-state index in [0.717, 1.165) is 22.0 Å². The molecule has 0 spiro atoms. The van der Waals surface area contributed by atoms with Gasteiger partial charge in [0.25, 0.3) is 0 Å². The molecular formula is C26H31N3O6. The van der Waals surface area contributed by atoms with E-state index < -0.39 is 42.3 Å². The van der Waals surface area contributed by atoms with Gasteiger partial charge in [-0.3, -0.25) is 4.79 Å². The van der Waals surface area contributed by atoms with E-state index in [4.69, 9.17) is 9.47 Å². The normalized spacial score (nSPS) is 13.0. The number of aliphatic hydroxyl groups excluding tert-OH is 1. The molecule has 2 amide bonds. The van der Waals surface area contributed by atoms with Gasteiger partial charge < -0.3 is 30.2 Å². The SMILES string of the molecule is CC(C)(C)OC(=O)N[C@@H](CO)C(=O)N[C@@H](Cc1c[nH]c2ccccc12)C(=O)OCc1ccccc1. The first-order valence-electron chi connectivity index (χ1n) is 11.3. The van der Waals surface area contributed by atoms with Gasteiger partial charge in [-0.05, 0) is 38.0 Å². The second-order valence-electron chi connectivity index (χ2n) is 9.10. The number of hydrogen-bond acceptors (Lipinski definition) is 6. The van der Waals surface area contributed by atoms with E-state index in [1.165, 1.54) is 0 Å². The van der Waals surface area contributed by atoms with Gasteiger partial charge in [0.1, 0.15) is 24.3 Å². The van der Waals surface area contributed by atoms with Gasteiger partial charge in [-0.1, -0.05) is 48.5 Å². The second kappa shape index (κ2) is 11.5. The van der Waals surface area contributed by atoms with Crippen molar-refractivity contribution in [3.63, 3.8) is 0 Å². The predicted molar refractivity (Wildman–Crippen MR) is 130 cm³/mol. The molecule has 2 atom stereocenters. The smallest absolute Gasteiger partial charge is 0.408 e. The zero-order chi connectivity index (χ0) is 25.4. The number of alkyl carbamates (subject to hydrolysis) is 1. The number of rotatable bonds is 9. The van der Waals surface area contributed by atoms with Gasteiger partial charge in [-0.15, -0.1) is 0 Å². The number of benzene rings is 2. The highest BCUT2D eigenvalue weighted by Crippen LogP contribution is 2.20. The molecule has 0 fully saturated rings. The van der Waals surface area contributed by atoms with Gasteiger partial charge in [0.2, 0.25) is 5.91 Å². The highest BCUT2D eigenvalue weighted by molar-refractivity contribution is 5.90. The Morgan fingerprint density at radius 1 is 0.971 bits per heavy atom. The number of esters is 1. The van der Waals surface area contributed by atoms with Crippen LogP contribution in [0, 0.1) is 0 Å². The van der Waals surface area contributed by atoms with Crippen LogP contribution in [0.2, 0.25) is 0 Å². The molecule has 35 heavy (non-hydrogen) atoms. The van der Waals surface area contributed by atoms with Crippen molar-refractivity contribution < 1.29 is 29.0 Å². The number of aliphatic hydroxyl groups is 1. The molecule has 0 aliphatic rings. The highest BCUT2D eigenvalue weighted by atomic mass is 16.6. The summed E-state index contributed by atoms with van der Waals surface area (Å²) in [5.74, 6) is -1.37. The van der Waals surface area contributed by atoms with Crippen LogP contribution in [0.5, 0.6) is 0 Å². The Morgan fingerprint density at radius 2 is 1.66 bits per heavy atom. The molecule has 0 saturated heterocycles. The highest BCUT2D eigenvalue weighted by Gasteiger charge is 2.29. The lowest BCUT2D eigenvalue weighted by Gasteiger charge is -2.24. The van der Waals surface area contributed by atoms with Crippen LogP contribution in [0.3, 0.4) is 0 Å². The summed E-state index contributed by atoms with van der Waals surface area (Å²) >= 11 is 0. The van der Waals surface area contributed by atoms with Crippen LogP contribution < -0.4 is 10.6 Å². The lowest BCUT2D eigenvalue weighted by atomic mass is 10.0. The molecule has 3 aromatic rings. The van der Waals surface area contributed by atoms with Gasteiger partial charge in [-0.2, -0.15) is 0 Å². The average Bonchev–Trinajstić information content (AvgIpc) is 3.23. The van der Waals surface area contributed by atoms with E-state index in [-0.39, 0.29) is 13.0 Å². The van der Waals surface area contributed by atoms with Crippen molar-refractivity contribution in [3.8, 4) is 0 Å². The van der Waals surface area contributed by atoms with Gasteiger partial charge in [-0.25, -0.2) is 9.59 Å². The number of amides is 2. The van der Waals surface area contributed by atoms with Crippen LogP contribution in [0.25, 0.3) is 10.9 Å². The minimum Gasteiger partial charge on any atom is -0.459 e. The zero-order valence-electron chi connectivity index (χ0n) is 20.0. The first-order chi connectivity index (χ1) is 16.7. The third-order valence-electron chi connectivity index (χ3n) is 5.11. The minimum atomic E-state index is -1.31. The number of carbonyl (C=O) groups is 3. The van der Waals surface area contributed by atoms with Crippen molar-refractivity contribution in [2.45, 2.75) is 51.5 Å². The van der Waals surface area contributed by atoms with Gasteiger partial charge in [0.15, 0.2) is 0 Å². The Morgan fingerprint density at radius 3 is 2.34 bits per heavy atom. The van der Waals surface area contributed by atoms with Gasteiger partial charge in [0.05, 0.1) is 6.61 Å². The lowest BCUT2D eigenvalue weighted by molar-refractivity contribution is -0.149. The fraction of sp³-hybridized carbons (Fsp3) is 0.346. The fourth-order valence-corrected chi connectivity index (χ4v) is 3.46. The van der Waals surface area contributed by atoms with E-state index in [0.29, 0.717) is 0 Å². The lowest BCUT2D eigenvalue weighted by Crippen LogP contribution is -2.54. The molecule has 4 N–H and O–H groups in total. The number of H-pyrrole nitrogens is 1. The number of aromatic nitrogens is 1. The fourth-order valence-electron chi connectivity index (χ4n) is 3.46. The summed E-state index contributed by atoms with van der Waals surface area (Å²) in [6.45, 7) is 4.41. The van der Waals surface area contributed by atoms with Crippen molar-refractivity contribution in [3.05, 3.63) is 71.9 Å². The molecule has 9 heteroatoms. The number of nitrogens with one attached hydrogen (secondary N) is 3. The van der Waals surface area contributed by atoms with Gasteiger partial charge in [0, 0.05) is 23.5 Å². The molecule has 0 aliphatic heterocycles. The van der Waals surface area contributed by atoms with E-state index >= 15 is 0 Å². The Hall–Kier alpha value is -3.85. The first-order valence-corrected chi connectivity index (χ1v) is 11.3. The molecular weight excluding hydrogens is 450 g/mol. The monoisotopic (exact) mass is 481 g/mol. The van der Waals surface area contributed by atoms with Crippen LogP contribution in [0.1, 0.15) is 31.9 Å². The third kappa shape index (κ3) is 7.58. The molecule has 9 nitrogen and oxygen atoms in total. The molecule has 3 rings (SSSR count). The number of para-hydroxylation sites is 1. The summed E-state index contributed by atoms with van der Waals surface area (Å²) in [5.41, 5.74) is 1.73. The maximum absolute atomic E-state index is 13.0. The summed E-state index contributed by atoms with van der Waals surface area (Å²) in [5, 5.41) is 15.6. The molecule has 0 unspecified atom stereocenters. The summed E-state index contributed by atoms with van der Waals surface area (Å²) in [7, 11) is 0. The number of ether oxygens (including phenoxy) is 2. The van der Waals surface area contributed by atoms with Crippen molar-refractivity contribution in [1.29, 1.82) is 0 Å². The molecule has 0 aliphatic carbocycles. The molecule has 1 heterocycles. The summed E-state index contributed by atoms with van der Waals surface area (Å²) in [6.07, 6.45) is 1.07. The Kier molecular flexibility index (Phi) is 8.48. The first kappa shape index (κ1) is 25.8. The van der Waals surface area contributed by atoms with Crippen molar-refractivity contribution in [1.82, 2.24) is 15.6 Å². The Balaban J connectivity index is 1.75. The van der Waals surface area contributed by atoms with E-state index in [9.17, 15) is 19.5 Å². The van der Waals surface area contributed by atoms with E-state index in [1.54, 1.807) is 27.0 Å². The molecule has 186 valence electrons. The molecule has 1 aromatic heterocycles.